The molecule has 0 atom stereocenters. The van der Waals surface area contributed by atoms with Gasteiger partial charge in [-0.25, -0.2) is 0 Å². The molecule has 1 spiro atoms. The molecule has 0 bridgehead atoms. The topological polar surface area (TPSA) is 18.5 Å². The highest BCUT2D eigenvalue weighted by molar-refractivity contribution is 5.55. The number of likely N-dealkylation sites (N-methyl/N-ethyl adjacent to an activating group) is 1. The zero-order chi connectivity index (χ0) is 13.9. The molecule has 0 unspecified atom stereocenters. The third-order valence-corrected chi connectivity index (χ3v) is 4.35. The van der Waals surface area contributed by atoms with E-state index in [2.05, 4.69) is 46.4 Å². The predicted molar refractivity (Wildman–Crippen MR) is 84.1 cm³/mol. The molecule has 1 heterocycles. The SMILES string of the molecule is CC.CNc1ccc(N2CCN(C)C3(CC3)C2)cc1. The summed E-state index contributed by atoms with van der Waals surface area (Å²) in [7, 11) is 4.23. The van der Waals surface area contributed by atoms with E-state index in [0.29, 0.717) is 5.54 Å². The molecule has 1 saturated heterocycles. The second kappa shape index (κ2) is 5.83. The molecule has 0 amide bonds. The monoisotopic (exact) mass is 261 g/mol. The summed E-state index contributed by atoms with van der Waals surface area (Å²) in [5.74, 6) is 0. The predicted octanol–water partition coefficient (Wildman–Crippen LogP) is 3.04. The Labute approximate surface area is 117 Å². The molecule has 2 fully saturated rings. The summed E-state index contributed by atoms with van der Waals surface area (Å²) in [6, 6.07) is 8.78. The van der Waals surface area contributed by atoms with Crippen LogP contribution in [0.2, 0.25) is 0 Å². The van der Waals surface area contributed by atoms with Gasteiger partial charge in [-0.05, 0) is 44.2 Å². The highest BCUT2D eigenvalue weighted by atomic mass is 15.3. The molecule has 3 nitrogen and oxygen atoms in total. The molecule has 0 radical (unpaired) electrons. The molecular weight excluding hydrogens is 234 g/mol. The molecular formula is C16H27N3. The third-order valence-electron chi connectivity index (χ3n) is 4.35. The standard InChI is InChI=1S/C14H21N3.C2H6/c1-15-12-3-5-13(6-4-12)17-10-9-16(2)14(11-17)7-8-14;1-2/h3-6,15H,7-11H2,1-2H3;1-2H3. The van der Waals surface area contributed by atoms with E-state index in [9.17, 15) is 0 Å². The van der Waals surface area contributed by atoms with Crippen molar-refractivity contribution in [3.05, 3.63) is 24.3 Å². The lowest BCUT2D eigenvalue weighted by Gasteiger charge is -2.41. The first-order chi connectivity index (χ1) is 9.23. The minimum atomic E-state index is 0.500. The fraction of sp³-hybridized carbons (Fsp3) is 0.625. The van der Waals surface area contributed by atoms with Gasteiger partial charge in [0.1, 0.15) is 0 Å². The minimum absolute atomic E-state index is 0.500. The van der Waals surface area contributed by atoms with Gasteiger partial charge in [-0.3, -0.25) is 4.90 Å². The van der Waals surface area contributed by atoms with Gasteiger partial charge in [0.2, 0.25) is 0 Å². The fourth-order valence-corrected chi connectivity index (χ4v) is 2.81. The van der Waals surface area contributed by atoms with E-state index in [1.54, 1.807) is 0 Å². The van der Waals surface area contributed by atoms with E-state index >= 15 is 0 Å². The number of nitrogens with one attached hydrogen (secondary N) is 1. The molecule has 3 heteroatoms. The van der Waals surface area contributed by atoms with Crippen molar-refractivity contribution in [2.24, 2.45) is 0 Å². The fourth-order valence-electron chi connectivity index (χ4n) is 2.81. The number of nitrogens with zero attached hydrogens (tertiary/aromatic N) is 2. The zero-order valence-electron chi connectivity index (χ0n) is 12.7. The molecule has 106 valence electrons. The molecule has 1 N–H and O–H groups in total. The second-order valence-electron chi connectivity index (χ2n) is 5.36. The molecule has 3 rings (SSSR count). The Morgan fingerprint density at radius 1 is 1.05 bits per heavy atom. The number of piperazine rings is 1. The molecule has 0 aromatic heterocycles. The van der Waals surface area contributed by atoms with Gasteiger partial charge in [-0.15, -0.1) is 0 Å². The first-order valence-corrected chi connectivity index (χ1v) is 7.48. The van der Waals surface area contributed by atoms with Gasteiger partial charge in [0.15, 0.2) is 0 Å². The first-order valence-electron chi connectivity index (χ1n) is 7.48. The van der Waals surface area contributed by atoms with Crippen molar-refractivity contribution in [3.8, 4) is 0 Å². The zero-order valence-corrected chi connectivity index (χ0v) is 12.7. The van der Waals surface area contributed by atoms with Crippen LogP contribution in [0.4, 0.5) is 11.4 Å². The van der Waals surface area contributed by atoms with Crippen molar-refractivity contribution in [1.29, 1.82) is 0 Å². The van der Waals surface area contributed by atoms with E-state index < -0.39 is 0 Å². The van der Waals surface area contributed by atoms with Crippen LogP contribution < -0.4 is 10.2 Å². The lowest BCUT2D eigenvalue weighted by atomic mass is 10.1. The quantitative estimate of drug-likeness (QED) is 0.883. The van der Waals surface area contributed by atoms with Crippen molar-refractivity contribution >= 4 is 11.4 Å². The van der Waals surface area contributed by atoms with Crippen LogP contribution in [-0.2, 0) is 0 Å². The van der Waals surface area contributed by atoms with Crippen LogP contribution in [0.5, 0.6) is 0 Å². The normalized spacial score (nSPS) is 20.7. The summed E-state index contributed by atoms with van der Waals surface area (Å²) in [6.07, 6.45) is 2.74. The number of hydrogen-bond donors (Lipinski definition) is 1. The highest BCUT2D eigenvalue weighted by Crippen LogP contribution is 2.44. The molecule has 1 aromatic rings. The van der Waals surface area contributed by atoms with Crippen LogP contribution in [0.1, 0.15) is 26.7 Å². The van der Waals surface area contributed by atoms with Gasteiger partial charge >= 0.3 is 0 Å². The van der Waals surface area contributed by atoms with Crippen LogP contribution in [0.3, 0.4) is 0 Å². The molecule has 19 heavy (non-hydrogen) atoms. The van der Waals surface area contributed by atoms with Gasteiger partial charge in [0.05, 0.1) is 0 Å². The molecule has 2 aliphatic rings. The Bertz CT molecular complexity index is 395. The maximum atomic E-state index is 3.17. The number of hydrogen-bond acceptors (Lipinski definition) is 3. The van der Waals surface area contributed by atoms with E-state index in [1.165, 1.54) is 37.3 Å². The summed E-state index contributed by atoms with van der Waals surface area (Å²) in [5.41, 5.74) is 3.05. The summed E-state index contributed by atoms with van der Waals surface area (Å²) < 4.78 is 0. The summed E-state index contributed by atoms with van der Waals surface area (Å²) in [5, 5.41) is 3.17. The Balaban J connectivity index is 0.000000637. The largest absolute Gasteiger partial charge is 0.388 e. The lowest BCUT2D eigenvalue weighted by Crippen LogP contribution is -2.53. The number of rotatable bonds is 2. The summed E-state index contributed by atoms with van der Waals surface area (Å²) >= 11 is 0. The Kier molecular flexibility index (Phi) is 4.35. The van der Waals surface area contributed by atoms with Gasteiger partial charge in [0, 0.05) is 43.6 Å². The Morgan fingerprint density at radius 3 is 2.21 bits per heavy atom. The van der Waals surface area contributed by atoms with Crippen molar-refractivity contribution in [2.75, 3.05) is 43.9 Å². The molecule has 1 aromatic carbocycles. The van der Waals surface area contributed by atoms with Crippen molar-refractivity contribution in [1.82, 2.24) is 4.90 Å². The van der Waals surface area contributed by atoms with Crippen LogP contribution in [0.25, 0.3) is 0 Å². The molecule has 1 aliphatic heterocycles. The van der Waals surface area contributed by atoms with Crippen LogP contribution in [0, 0.1) is 0 Å². The number of anilines is 2. The van der Waals surface area contributed by atoms with E-state index in [4.69, 9.17) is 0 Å². The highest BCUT2D eigenvalue weighted by Gasteiger charge is 2.49. The van der Waals surface area contributed by atoms with Gasteiger partial charge < -0.3 is 10.2 Å². The van der Waals surface area contributed by atoms with Gasteiger partial charge in [0.25, 0.3) is 0 Å². The van der Waals surface area contributed by atoms with E-state index in [-0.39, 0.29) is 0 Å². The van der Waals surface area contributed by atoms with Crippen molar-refractivity contribution in [2.45, 2.75) is 32.2 Å². The van der Waals surface area contributed by atoms with Crippen LogP contribution in [0.15, 0.2) is 24.3 Å². The minimum Gasteiger partial charge on any atom is -0.388 e. The van der Waals surface area contributed by atoms with Crippen LogP contribution in [-0.4, -0.2) is 44.2 Å². The second-order valence-corrected chi connectivity index (χ2v) is 5.36. The lowest BCUT2D eigenvalue weighted by molar-refractivity contribution is 0.199. The van der Waals surface area contributed by atoms with Gasteiger partial charge in [-0.2, -0.15) is 0 Å². The number of benzene rings is 1. The summed E-state index contributed by atoms with van der Waals surface area (Å²) in [6.45, 7) is 7.54. The van der Waals surface area contributed by atoms with E-state index in [0.717, 1.165) is 6.54 Å². The third kappa shape index (κ3) is 2.86. The maximum absolute atomic E-state index is 3.17. The molecule has 1 aliphatic carbocycles. The average molecular weight is 261 g/mol. The Morgan fingerprint density at radius 2 is 1.68 bits per heavy atom. The van der Waals surface area contributed by atoms with Crippen molar-refractivity contribution < 1.29 is 0 Å². The van der Waals surface area contributed by atoms with Gasteiger partial charge in [-0.1, -0.05) is 13.8 Å². The first kappa shape index (κ1) is 14.2. The summed E-state index contributed by atoms with van der Waals surface area (Å²) in [4.78, 5) is 5.08. The van der Waals surface area contributed by atoms with Crippen molar-refractivity contribution in [3.63, 3.8) is 0 Å². The maximum Gasteiger partial charge on any atom is 0.0383 e. The Hall–Kier alpha value is -1.22. The molecule has 1 saturated carbocycles. The van der Waals surface area contributed by atoms with E-state index in [1.807, 2.05) is 20.9 Å². The van der Waals surface area contributed by atoms with Crippen LogP contribution >= 0.6 is 0 Å². The average Bonchev–Trinajstić information content (AvgIpc) is 3.25. The smallest absolute Gasteiger partial charge is 0.0383 e.